The van der Waals surface area contributed by atoms with Crippen molar-refractivity contribution in [3.63, 3.8) is 0 Å². The van der Waals surface area contributed by atoms with Crippen LogP contribution in [-0.4, -0.2) is 50.9 Å². The number of nitrogens with zero attached hydrogens (tertiary/aromatic N) is 1. The minimum absolute atomic E-state index is 0.139. The van der Waals surface area contributed by atoms with Crippen molar-refractivity contribution in [1.82, 2.24) is 10.2 Å². The molecular formula is C16H26N2O2. The molecule has 4 nitrogen and oxygen atoms in total. The Hall–Kier alpha value is -1.10. The molecule has 2 rings (SSSR count). The van der Waals surface area contributed by atoms with Crippen LogP contribution in [0.5, 0.6) is 5.75 Å². The van der Waals surface area contributed by atoms with Crippen molar-refractivity contribution >= 4 is 0 Å². The second-order valence-corrected chi connectivity index (χ2v) is 5.85. The molecule has 20 heavy (non-hydrogen) atoms. The number of nitrogens with one attached hydrogen (secondary N) is 1. The molecule has 0 bridgehead atoms. The van der Waals surface area contributed by atoms with Crippen molar-refractivity contribution in [2.75, 3.05) is 40.9 Å². The fourth-order valence-electron chi connectivity index (χ4n) is 3.01. The number of hydrogen-bond donors (Lipinski definition) is 2. The molecule has 1 aromatic rings. The lowest BCUT2D eigenvalue weighted by Gasteiger charge is -2.39. The fraction of sp³-hybridized carbons (Fsp3) is 0.625. The summed E-state index contributed by atoms with van der Waals surface area (Å²) in [6.45, 7) is 1.98. The van der Waals surface area contributed by atoms with Crippen molar-refractivity contribution in [3.05, 3.63) is 29.3 Å². The van der Waals surface area contributed by atoms with Crippen LogP contribution in [0.2, 0.25) is 0 Å². The first-order valence-electron chi connectivity index (χ1n) is 7.29. The lowest BCUT2D eigenvalue weighted by Crippen LogP contribution is -2.49. The molecule has 0 aliphatic heterocycles. The number of aliphatic hydroxyl groups excluding tert-OH is 1. The highest BCUT2D eigenvalue weighted by molar-refractivity contribution is 5.42. The number of benzene rings is 1. The van der Waals surface area contributed by atoms with E-state index in [1.807, 2.05) is 6.07 Å². The lowest BCUT2D eigenvalue weighted by molar-refractivity contribution is 0.139. The first kappa shape index (κ1) is 15.3. The third-order valence-electron chi connectivity index (χ3n) is 4.17. The number of aryl methyl sites for hydroxylation is 1. The summed E-state index contributed by atoms with van der Waals surface area (Å²) in [5, 5.41) is 13.5. The van der Waals surface area contributed by atoms with E-state index >= 15 is 0 Å². The van der Waals surface area contributed by atoms with E-state index in [0.29, 0.717) is 0 Å². The Morgan fingerprint density at radius 2 is 2.20 bits per heavy atom. The van der Waals surface area contributed by atoms with Gasteiger partial charge in [-0.25, -0.2) is 0 Å². The molecule has 2 N–H and O–H groups in total. The second-order valence-electron chi connectivity index (χ2n) is 5.85. The molecular weight excluding hydrogens is 252 g/mol. The Morgan fingerprint density at radius 3 is 2.85 bits per heavy atom. The van der Waals surface area contributed by atoms with Crippen molar-refractivity contribution in [2.24, 2.45) is 0 Å². The molecule has 112 valence electrons. The summed E-state index contributed by atoms with van der Waals surface area (Å²) >= 11 is 0. The Labute approximate surface area is 121 Å². The van der Waals surface area contributed by atoms with E-state index in [1.165, 1.54) is 11.1 Å². The van der Waals surface area contributed by atoms with Gasteiger partial charge in [-0.2, -0.15) is 0 Å². The maximum Gasteiger partial charge on any atom is 0.119 e. The van der Waals surface area contributed by atoms with Crippen molar-refractivity contribution in [1.29, 1.82) is 0 Å². The van der Waals surface area contributed by atoms with Gasteiger partial charge in [0.15, 0.2) is 0 Å². The number of fused-ring (bicyclic) bond motifs is 1. The minimum atomic E-state index is -0.296. The maximum atomic E-state index is 9.97. The topological polar surface area (TPSA) is 44.7 Å². The van der Waals surface area contributed by atoms with Crippen LogP contribution in [-0.2, 0) is 12.0 Å². The van der Waals surface area contributed by atoms with Crippen LogP contribution in [0, 0.1) is 0 Å². The van der Waals surface area contributed by atoms with Crippen LogP contribution in [0.25, 0.3) is 0 Å². The number of ether oxygens (including phenoxy) is 1. The predicted octanol–water partition coefficient (Wildman–Crippen LogP) is 1.37. The van der Waals surface area contributed by atoms with E-state index in [1.54, 1.807) is 7.11 Å². The van der Waals surface area contributed by atoms with E-state index in [9.17, 15) is 5.11 Å². The summed E-state index contributed by atoms with van der Waals surface area (Å²) < 4.78 is 5.31. The summed E-state index contributed by atoms with van der Waals surface area (Å²) in [4.78, 5) is 2.15. The van der Waals surface area contributed by atoms with Gasteiger partial charge >= 0.3 is 0 Å². The zero-order chi connectivity index (χ0) is 14.6. The molecule has 0 amide bonds. The van der Waals surface area contributed by atoms with Crippen LogP contribution in [0.1, 0.15) is 24.0 Å². The largest absolute Gasteiger partial charge is 0.497 e. The van der Waals surface area contributed by atoms with Gasteiger partial charge in [-0.15, -0.1) is 0 Å². The van der Waals surface area contributed by atoms with E-state index < -0.39 is 0 Å². The first-order valence-corrected chi connectivity index (χ1v) is 7.29. The van der Waals surface area contributed by atoms with Crippen molar-refractivity contribution in [3.8, 4) is 5.75 Å². The first-order chi connectivity index (χ1) is 9.61. The normalized spacial score (nSPS) is 21.9. The van der Waals surface area contributed by atoms with Crippen LogP contribution in [0.15, 0.2) is 18.2 Å². The standard InChI is InChI=1S/C16H26N2O2/c1-18(2)10-9-17-16(12-19)8-4-5-13-11-14(20-3)6-7-15(13)16/h6-7,11,17,19H,4-5,8-10,12H2,1-3H3. The number of aliphatic hydroxyl groups is 1. The zero-order valence-electron chi connectivity index (χ0n) is 12.8. The molecule has 1 aliphatic carbocycles. The highest BCUT2D eigenvalue weighted by Gasteiger charge is 2.35. The summed E-state index contributed by atoms with van der Waals surface area (Å²) in [6, 6.07) is 6.20. The lowest BCUT2D eigenvalue weighted by atomic mass is 9.77. The smallest absolute Gasteiger partial charge is 0.119 e. The molecule has 4 heteroatoms. The van der Waals surface area contributed by atoms with Crippen LogP contribution in [0.3, 0.4) is 0 Å². The molecule has 0 saturated heterocycles. The van der Waals surface area contributed by atoms with Gasteiger partial charge in [0.05, 0.1) is 19.3 Å². The third kappa shape index (κ3) is 3.14. The molecule has 0 heterocycles. The van der Waals surface area contributed by atoms with E-state index in [0.717, 1.165) is 38.1 Å². The van der Waals surface area contributed by atoms with Gasteiger partial charge in [0.1, 0.15) is 5.75 Å². The monoisotopic (exact) mass is 278 g/mol. The number of rotatable bonds is 6. The summed E-state index contributed by atoms with van der Waals surface area (Å²) in [6.07, 6.45) is 3.13. The Kier molecular flexibility index (Phi) is 5.02. The third-order valence-corrected chi connectivity index (χ3v) is 4.17. The van der Waals surface area contributed by atoms with Crippen LogP contribution < -0.4 is 10.1 Å². The molecule has 1 unspecified atom stereocenters. The predicted molar refractivity (Wildman–Crippen MR) is 81.3 cm³/mol. The molecule has 0 fully saturated rings. The Morgan fingerprint density at radius 1 is 1.40 bits per heavy atom. The molecule has 0 radical (unpaired) electrons. The number of likely N-dealkylation sites (N-methyl/N-ethyl adjacent to an activating group) is 1. The summed E-state index contributed by atoms with van der Waals surface area (Å²) in [7, 11) is 5.82. The average Bonchev–Trinajstić information content (AvgIpc) is 2.46. The van der Waals surface area contributed by atoms with Gasteiger partial charge in [-0.3, -0.25) is 0 Å². The molecule has 0 saturated carbocycles. The molecule has 1 aliphatic rings. The Balaban J connectivity index is 2.23. The quantitative estimate of drug-likeness (QED) is 0.825. The fourth-order valence-corrected chi connectivity index (χ4v) is 3.01. The van der Waals surface area contributed by atoms with Crippen molar-refractivity contribution in [2.45, 2.75) is 24.8 Å². The zero-order valence-corrected chi connectivity index (χ0v) is 12.8. The van der Waals surface area contributed by atoms with Crippen LogP contribution >= 0.6 is 0 Å². The SMILES string of the molecule is COc1ccc2c(c1)CCCC2(CO)NCCN(C)C. The molecule has 0 aromatic heterocycles. The van der Waals surface area contributed by atoms with E-state index in [-0.39, 0.29) is 12.1 Å². The highest BCUT2D eigenvalue weighted by atomic mass is 16.5. The van der Waals surface area contributed by atoms with Crippen molar-refractivity contribution < 1.29 is 9.84 Å². The van der Waals surface area contributed by atoms with Gasteiger partial charge in [-0.05, 0) is 56.6 Å². The molecule has 0 spiro atoms. The number of methoxy groups -OCH3 is 1. The summed E-state index contributed by atoms with van der Waals surface area (Å²) in [5.41, 5.74) is 2.23. The molecule has 1 aromatic carbocycles. The minimum Gasteiger partial charge on any atom is -0.497 e. The maximum absolute atomic E-state index is 9.97. The van der Waals surface area contributed by atoms with Gasteiger partial charge in [-0.1, -0.05) is 6.07 Å². The second kappa shape index (κ2) is 6.57. The highest BCUT2D eigenvalue weighted by Crippen LogP contribution is 2.36. The Bertz CT molecular complexity index is 448. The molecule has 1 atom stereocenters. The van der Waals surface area contributed by atoms with Crippen LogP contribution in [0.4, 0.5) is 0 Å². The van der Waals surface area contributed by atoms with Gasteiger partial charge in [0.2, 0.25) is 0 Å². The average molecular weight is 278 g/mol. The van der Waals surface area contributed by atoms with Gasteiger partial charge < -0.3 is 20.1 Å². The van der Waals surface area contributed by atoms with E-state index in [2.05, 4.69) is 36.4 Å². The van der Waals surface area contributed by atoms with Gasteiger partial charge in [0, 0.05) is 13.1 Å². The number of hydrogen-bond acceptors (Lipinski definition) is 4. The van der Waals surface area contributed by atoms with Gasteiger partial charge in [0.25, 0.3) is 0 Å². The van der Waals surface area contributed by atoms with E-state index in [4.69, 9.17) is 4.74 Å². The summed E-state index contributed by atoms with van der Waals surface area (Å²) in [5.74, 6) is 0.894.